The summed E-state index contributed by atoms with van der Waals surface area (Å²) in [5, 5.41) is 11.4. The van der Waals surface area contributed by atoms with Crippen molar-refractivity contribution in [3.05, 3.63) is 102 Å². The quantitative estimate of drug-likeness (QED) is 0.283. The molecular formula is C29H31FN7OS+. The van der Waals surface area contributed by atoms with Gasteiger partial charge in [0, 0.05) is 36.3 Å². The molecular weight excluding hydrogens is 513 g/mol. The zero-order chi connectivity index (χ0) is 27.4. The molecule has 0 spiro atoms. The number of nitrogens with one attached hydrogen (secondary N) is 3. The number of H-pyrrole nitrogens is 1. The number of pyridine rings is 1. The molecule has 0 aliphatic carbocycles. The Hall–Kier alpha value is -4.18. The number of hydrogen-bond acceptors (Lipinski definition) is 6. The predicted molar refractivity (Wildman–Crippen MR) is 152 cm³/mol. The number of thioether (sulfide) groups is 1. The van der Waals surface area contributed by atoms with Crippen LogP contribution in [0.25, 0.3) is 0 Å². The molecule has 2 unspecified atom stereocenters. The zero-order valence-corrected chi connectivity index (χ0v) is 22.7. The molecule has 39 heavy (non-hydrogen) atoms. The minimum Gasteiger partial charge on any atom is -0.372 e. The number of aromatic nitrogens is 4. The third-order valence-corrected chi connectivity index (χ3v) is 7.66. The number of amides is 1. The summed E-state index contributed by atoms with van der Waals surface area (Å²) in [6.45, 7) is 10.2. The number of benzene rings is 2. The van der Waals surface area contributed by atoms with Crippen LogP contribution in [0.4, 0.5) is 21.7 Å². The van der Waals surface area contributed by atoms with E-state index < -0.39 is 12.0 Å². The molecule has 2 atom stereocenters. The van der Waals surface area contributed by atoms with Gasteiger partial charge in [0.25, 0.3) is 0 Å². The minimum atomic E-state index is -0.664. The van der Waals surface area contributed by atoms with Gasteiger partial charge in [0.05, 0.1) is 6.04 Å². The number of nitrogens with zero attached hydrogens (tertiary/aromatic N) is 4. The van der Waals surface area contributed by atoms with E-state index in [-0.39, 0.29) is 11.7 Å². The van der Waals surface area contributed by atoms with Crippen LogP contribution in [0.3, 0.4) is 0 Å². The van der Waals surface area contributed by atoms with Gasteiger partial charge in [-0.2, -0.15) is 4.98 Å². The molecule has 0 saturated carbocycles. The first-order chi connectivity index (χ1) is 19.0. The Morgan fingerprint density at radius 2 is 1.92 bits per heavy atom. The Kier molecular flexibility index (Phi) is 7.92. The van der Waals surface area contributed by atoms with Gasteiger partial charge in [0.1, 0.15) is 17.4 Å². The van der Waals surface area contributed by atoms with E-state index in [4.69, 9.17) is 5.10 Å². The summed E-state index contributed by atoms with van der Waals surface area (Å²) in [6.07, 6.45) is 3.50. The Balaban J connectivity index is 1.49. The number of rotatable bonds is 9. The fourth-order valence-corrected chi connectivity index (χ4v) is 5.57. The molecule has 2 aromatic heterocycles. The molecule has 10 heteroatoms. The summed E-state index contributed by atoms with van der Waals surface area (Å²) in [5.41, 5.74) is 3.77. The van der Waals surface area contributed by atoms with Crippen molar-refractivity contribution >= 4 is 35.0 Å². The van der Waals surface area contributed by atoms with Gasteiger partial charge in [0.2, 0.25) is 17.0 Å². The molecule has 1 aliphatic rings. The van der Waals surface area contributed by atoms with E-state index in [1.165, 1.54) is 17.8 Å². The van der Waals surface area contributed by atoms with E-state index in [9.17, 15) is 9.18 Å². The van der Waals surface area contributed by atoms with Gasteiger partial charge in [-0.25, -0.2) is 14.1 Å². The number of carbonyl (C=O) groups is 1. The maximum atomic E-state index is 14.2. The normalized spacial score (nSPS) is 16.3. The predicted octanol–water partition coefficient (Wildman–Crippen LogP) is 5.15. The summed E-state index contributed by atoms with van der Waals surface area (Å²) in [6, 6.07) is 18.0. The van der Waals surface area contributed by atoms with Crippen LogP contribution in [0.5, 0.6) is 0 Å². The van der Waals surface area contributed by atoms with Crippen molar-refractivity contribution in [3.8, 4) is 0 Å². The Morgan fingerprint density at radius 1 is 1.15 bits per heavy atom. The van der Waals surface area contributed by atoms with Gasteiger partial charge < -0.3 is 15.5 Å². The summed E-state index contributed by atoms with van der Waals surface area (Å²) < 4.78 is 15.9. The molecule has 0 fully saturated rings. The zero-order valence-electron chi connectivity index (χ0n) is 21.9. The second kappa shape index (κ2) is 11.7. The van der Waals surface area contributed by atoms with Crippen LogP contribution >= 0.6 is 11.8 Å². The fourth-order valence-electron chi connectivity index (χ4n) is 4.75. The molecule has 1 aliphatic heterocycles. The lowest BCUT2D eigenvalue weighted by atomic mass is 9.88. The smallest absolute Gasteiger partial charge is 0.236 e. The maximum Gasteiger partial charge on any atom is 0.236 e. The second-order valence-electron chi connectivity index (χ2n) is 9.16. The molecule has 2 aromatic carbocycles. The highest BCUT2D eigenvalue weighted by Gasteiger charge is 2.40. The van der Waals surface area contributed by atoms with Crippen molar-refractivity contribution in [2.24, 2.45) is 5.92 Å². The summed E-state index contributed by atoms with van der Waals surface area (Å²) in [4.78, 5) is 23.5. The number of hydrogen-bond donors (Lipinski definition) is 2. The Morgan fingerprint density at radius 3 is 2.62 bits per heavy atom. The Labute approximate surface area is 231 Å². The highest BCUT2D eigenvalue weighted by Crippen LogP contribution is 2.39. The van der Waals surface area contributed by atoms with Crippen molar-refractivity contribution in [1.29, 1.82) is 0 Å². The van der Waals surface area contributed by atoms with Gasteiger partial charge in [-0.05, 0) is 49.2 Å². The van der Waals surface area contributed by atoms with Crippen molar-refractivity contribution in [1.82, 2.24) is 14.8 Å². The molecule has 3 N–H and O–H groups in total. The van der Waals surface area contributed by atoms with Crippen molar-refractivity contribution in [2.45, 2.75) is 30.8 Å². The molecule has 1 amide bonds. The van der Waals surface area contributed by atoms with Crippen molar-refractivity contribution < 1.29 is 14.2 Å². The van der Waals surface area contributed by atoms with Crippen molar-refractivity contribution in [3.63, 3.8) is 0 Å². The average molecular weight is 545 g/mol. The van der Waals surface area contributed by atoms with E-state index in [0.717, 1.165) is 24.3 Å². The van der Waals surface area contributed by atoms with Crippen molar-refractivity contribution in [2.75, 3.05) is 28.6 Å². The number of halogens is 1. The summed E-state index contributed by atoms with van der Waals surface area (Å²) in [7, 11) is 0. The Bertz CT molecular complexity index is 1450. The van der Waals surface area contributed by atoms with E-state index in [1.54, 1.807) is 29.2 Å². The van der Waals surface area contributed by atoms with Crippen LogP contribution in [0, 0.1) is 11.7 Å². The first-order valence-corrected chi connectivity index (χ1v) is 13.9. The number of fused-ring (bicyclic) bond motifs is 1. The minimum absolute atomic E-state index is 0.216. The largest absolute Gasteiger partial charge is 0.372 e. The highest BCUT2D eigenvalue weighted by molar-refractivity contribution is 7.98. The van der Waals surface area contributed by atoms with E-state index >= 15 is 0 Å². The average Bonchev–Trinajstić information content (AvgIpc) is 3.36. The lowest BCUT2D eigenvalue weighted by molar-refractivity contribution is -0.377. The van der Waals surface area contributed by atoms with E-state index in [0.29, 0.717) is 33.8 Å². The molecule has 0 saturated heterocycles. The molecule has 5 rings (SSSR count). The topological polar surface area (TPSA) is 89.2 Å². The summed E-state index contributed by atoms with van der Waals surface area (Å²) in [5.74, 6) is -0.267. The van der Waals surface area contributed by atoms with Gasteiger partial charge in [0.15, 0.2) is 12.4 Å². The van der Waals surface area contributed by atoms with Crippen LogP contribution in [0.1, 0.15) is 31.0 Å². The van der Waals surface area contributed by atoms with Crippen LogP contribution in [-0.4, -0.2) is 33.8 Å². The van der Waals surface area contributed by atoms with Gasteiger partial charge >= 0.3 is 0 Å². The molecule has 200 valence electrons. The van der Waals surface area contributed by atoms with Crippen LogP contribution in [-0.2, 0) is 10.5 Å². The van der Waals surface area contributed by atoms with Gasteiger partial charge in [-0.3, -0.25) is 4.79 Å². The standard InChI is InChI=1S/C29H30FN7OS/c1-4-36(5-2)23-14-12-20(13-15-23)26-25(27(38)33-22-10-8-16-31-17-22)19(3)32-28-34-29(35-37(26)28)39-18-21-9-6-7-11-24(21)30/h6-17,25-26H,3-5,18H2,1-2H3,(H,33,38)(H,32,34,35)/p+1. The first kappa shape index (κ1) is 26.4. The fraction of sp³-hybridized carbons (Fsp3) is 0.241. The maximum absolute atomic E-state index is 14.2. The molecule has 8 nitrogen and oxygen atoms in total. The molecule has 0 radical (unpaired) electrons. The summed E-state index contributed by atoms with van der Waals surface area (Å²) >= 11 is 1.34. The third kappa shape index (κ3) is 5.65. The molecule has 4 aromatic rings. The van der Waals surface area contributed by atoms with Crippen LogP contribution in [0.2, 0.25) is 0 Å². The van der Waals surface area contributed by atoms with E-state index in [1.807, 2.05) is 30.3 Å². The third-order valence-electron chi connectivity index (χ3n) is 6.77. The SMILES string of the molecule is C=C1Nc2nc(SCc3ccccc3F)nn2C(c2ccc(N(CC)CC)cc2)C1C(=O)Nc1ccc[nH+]c1. The van der Waals surface area contributed by atoms with E-state index in [2.05, 4.69) is 58.1 Å². The number of carbonyl (C=O) groups excluding carboxylic acids is 1. The van der Waals surface area contributed by atoms with Crippen LogP contribution < -0.4 is 20.5 Å². The van der Waals surface area contributed by atoms with Gasteiger partial charge in [-0.15, -0.1) is 5.10 Å². The number of anilines is 3. The molecule has 3 heterocycles. The number of aromatic amines is 1. The first-order valence-electron chi connectivity index (χ1n) is 12.9. The second-order valence-corrected chi connectivity index (χ2v) is 10.1. The monoisotopic (exact) mass is 544 g/mol. The lowest BCUT2D eigenvalue weighted by Crippen LogP contribution is -2.39. The molecule has 0 bridgehead atoms. The lowest BCUT2D eigenvalue weighted by Gasteiger charge is -2.34. The van der Waals surface area contributed by atoms with Crippen LogP contribution in [0.15, 0.2) is 90.5 Å². The van der Waals surface area contributed by atoms with Gasteiger partial charge in [-0.1, -0.05) is 48.7 Å². The highest BCUT2D eigenvalue weighted by atomic mass is 32.2.